The second-order valence-electron chi connectivity index (χ2n) is 5.13. The van der Waals surface area contributed by atoms with E-state index in [1.807, 2.05) is 13.8 Å². The molecule has 1 heterocycles. The Kier molecular flexibility index (Phi) is 4.32. The molecule has 0 unspecified atom stereocenters. The van der Waals surface area contributed by atoms with Crippen LogP contribution in [-0.4, -0.2) is 52.4 Å². The Bertz CT molecular complexity index is 550. The first kappa shape index (κ1) is 15.1. The number of carboxylic acids is 1. The minimum absolute atomic E-state index is 0.0711. The summed E-state index contributed by atoms with van der Waals surface area (Å²) in [4.78, 5) is 24.9. The number of aromatic carboxylic acids is 1. The van der Waals surface area contributed by atoms with Crippen molar-refractivity contribution in [2.24, 2.45) is 0 Å². The van der Waals surface area contributed by atoms with Crippen LogP contribution < -0.4 is 5.32 Å². The Hall–Kier alpha value is -2.28. The lowest BCUT2D eigenvalue weighted by Crippen LogP contribution is -2.49. The molecule has 0 spiro atoms. The fourth-order valence-corrected chi connectivity index (χ4v) is 2.36. The first-order chi connectivity index (χ1) is 9.86. The Balaban J connectivity index is 2.14. The van der Waals surface area contributed by atoms with Crippen molar-refractivity contribution in [1.82, 2.24) is 4.90 Å². The van der Waals surface area contributed by atoms with E-state index in [1.54, 1.807) is 4.90 Å². The van der Waals surface area contributed by atoms with Crippen LogP contribution in [0.5, 0.6) is 5.75 Å². The van der Waals surface area contributed by atoms with Gasteiger partial charge in [0.2, 0.25) is 0 Å². The molecular formula is C14H18N2O5. The van der Waals surface area contributed by atoms with Gasteiger partial charge < -0.3 is 25.2 Å². The molecule has 21 heavy (non-hydrogen) atoms. The van der Waals surface area contributed by atoms with Crippen molar-refractivity contribution < 1.29 is 24.5 Å². The predicted octanol–water partition coefficient (Wildman–Crippen LogP) is 1.73. The van der Waals surface area contributed by atoms with Gasteiger partial charge in [-0.15, -0.1) is 0 Å². The Labute approximate surface area is 122 Å². The molecule has 7 heteroatoms. The molecule has 2 amide bonds. The van der Waals surface area contributed by atoms with Gasteiger partial charge in [0.15, 0.2) is 0 Å². The molecule has 3 N–H and O–H groups in total. The highest BCUT2D eigenvalue weighted by Crippen LogP contribution is 2.22. The maximum absolute atomic E-state index is 12.2. The van der Waals surface area contributed by atoms with Gasteiger partial charge in [-0.1, -0.05) is 0 Å². The SMILES string of the molecule is C[C@@H]1CN(C(=O)Nc2ccc(O)cc2C(=O)O)C[C@H](C)O1. The van der Waals surface area contributed by atoms with Gasteiger partial charge >= 0.3 is 12.0 Å². The van der Waals surface area contributed by atoms with Crippen LogP contribution in [0.15, 0.2) is 18.2 Å². The van der Waals surface area contributed by atoms with Gasteiger partial charge in [0.1, 0.15) is 5.75 Å². The molecule has 1 aliphatic rings. The second-order valence-corrected chi connectivity index (χ2v) is 5.13. The fourth-order valence-electron chi connectivity index (χ4n) is 2.36. The maximum atomic E-state index is 12.2. The van der Waals surface area contributed by atoms with Crippen LogP contribution in [0.1, 0.15) is 24.2 Å². The molecule has 0 radical (unpaired) electrons. The number of nitrogens with zero attached hydrogens (tertiary/aromatic N) is 1. The van der Waals surface area contributed by atoms with Crippen LogP contribution >= 0.6 is 0 Å². The van der Waals surface area contributed by atoms with Crippen molar-refractivity contribution in [1.29, 1.82) is 0 Å². The average molecular weight is 294 g/mol. The summed E-state index contributed by atoms with van der Waals surface area (Å²) in [6.07, 6.45) is -0.142. The number of nitrogens with one attached hydrogen (secondary N) is 1. The number of phenolic OH excluding ortho intramolecular Hbond substituents is 1. The summed E-state index contributed by atoms with van der Waals surface area (Å²) in [5, 5.41) is 21.0. The third-order valence-electron chi connectivity index (χ3n) is 3.18. The topological polar surface area (TPSA) is 99.1 Å². The van der Waals surface area contributed by atoms with E-state index in [0.29, 0.717) is 13.1 Å². The van der Waals surface area contributed by atoms with E-state index in [-0.39, 0.29) is 35.2 Å². The van der Waals surface area contributed by atoms with Gasteiger partial charge in [0.05, 0.1) is 23.5 Å². The molecule has 1 aliphatic heterocycles. The van der Waals surface area contributed by atoms with Gasteiger partial charge in [-0.3, -0.25) is 0 Å². The van der Waals surface area contributed by atoms with Gasteiger partial charge in [-0.25, -0.2) is 9.59 Å². The number of carboxylic acid groups (broad SMARTS) is 1. The molecule has 0 aromatic heterocycles. The zero-order valence-electron chi connectivity index (χ0n) is 11.9. The number of benzene rings is 1. The third kappa shape index (κ3) is 3.63. The second kappa shape index (κ2) is 6.01. The zero-order valence-corrected chi connectivity index (χ0v) is 11.9. The fraction of sp³-hybridized carbons (Fsp3) is 0.429. The molecule has 0 bridgehead atoms. The molecule has 1 aromatic rings. The highest BCUT2D eigenvalue weighted by molar-refractivity contribution is 6.00. The summed E-state index contributed by atoms with van der Waals surface area (Å²) in [6, 6.07) is 3.41. The van der Waals surface area contributed by atoms with Crippen LogP contribution in [0, 0.1) is 0 Å². The normalized spacial score (nSPS) is 21.9. The molecule has 1 aromatic carbocycles. The highest BCUT2D eigenvalue weighted by Gasteiger charge is 2.26. The van der Waals surface area contributed by atoms with E-state index < -0.39 is 5.97 Å². The third-order valence-corrected chi connectivity index (χ3v) is 3.18. The van der Waals surface area contributed by atoms with Gasteiger partial charge in [0.25, 0.3) is 0 Å². The quantitative estimate of drug-likeness (QED) is 0.721. The number of carbonyl (C=O) groups excluding carboxylic acids is 1. The van der Waals surface area contributed by atoms with Crippen molar-refractivity contribution in [2.75, 3.05) is 18.4 Å². The first-order valence-corrected chi connectivity index (χ1v) is 6.64. The summed E-state index contributed by atoms with van der Waals surface area (Å²) >= 11 is 0. The van der Waals surface area contributed by atoms with Gasteiger partial charge in [-0.2, -0.15) is 0 Å². The standard InChI is InChI=1S/C14H18N2O5/c1-8-6-16(7-9(2)21-8)14(20)15-12-4-3-10(17)5-11(12)13(18)19/h3-5,8-9,17H,6-7H2,1-2H3,(H,15,20)(H,18,19)/t8-,9+. The lowest BCUT2D eigenvalue weighted by molar-refractivity contribution is -0.0530. The van der Waals surface area contributed by atoms with E-state index in [2.05, 4.69) is 5.32 Å². The Morgan fingerprint density at radius 1 is 1.29 bits per heavy atom. The molecule has 1 saturated heterocycles. The molecule has 2 atom stereocenters. The van der Waals surface area contributed by atoms with Crippen molar-refractivity contribution in [3.05, 3.63) is 23.8 Å². The number of amides is 2. The van der Waals surface area contributed by atoms with Crippen molar-refractivity contribution in [3.8, 4) is 5.75 Å². The minimum Gasteiger partial charge on any atom is -0.508 e. The Morgan fingerprint density at radius 2 is 1.90 bits per heavy atom. The van der Waals surface area contributed by atoms with Crippen molar-refractivity contribution in [3.63, 3.8) is 0 Å². The summed E-state index contributed by atoms with van der Waals surface area (Å²) in [5.41, 5.74) is -0.00481. The van der Waals surface area contributed by atoms with Crippen LogP contribution in [0.2, 0.25) is 0 Å². The van der Waals surface area contributed by atoms with Crippen molar-refractivity contribution in [2.45, 2.75) is 26.1 Å². The maximum Gasteiger partial charge on any atom is 0.337 e. The number of morpholine rings is 1. The van der Waals surface area contributed by atoms with E-state index >= 15 is 0 Å². The lowest BCUT2D eigenvalue weighted by Gasteiger charge is -2.35. The van der Waals surface area contributed by atoms with Crippen molar-refractivity contribution >= 4 is 17.7 Å². The first-order valence-electron chi connectivity index (χ1n) is 6.64. The highest BCUT2D eigenvalue weighted by atomic mass is 16.5. The number of hydrogen-bond donors (Lipinski definition) is 3. The summed E-state index contributed by atoms with van der Waals surface area (Å²) in [5.74, 6) is -1.39. The number of ether oxygens (including phenoxy) is 1. The molecule has 0 aliphatic carbocycles. The van der Waals surface area contributed by atoms with Gasteiger partial charge in [0, 0.05) is 13.1 Å². The number of anilines is 1. The Morgan fingerprint density at radius 3 is 2.48 bits per heavy atom. The van der Waals surface area contributed by atoms with E-state index in [1.165, 1.54) is 12.1 Å². The predicted molar refractivity (Wildman–Crippen MR) is 75.7 cm³/mol. The summed E-state index contributed by atoms with van der Waals surface area (Å²) in [7, 11) is 0. The number of hydrogen-bond acceptors (Lipinski definition) is 4. The van der Waals surface area contributed by atoms with E-state index in [0.717, 1.165) is 6.07 Å². The molecule has 114 valence electrons. The van der Waals surface area contributed by atoms with Crippen LogP contribution in [0.3, 0.4) is 0 Å². The average Bonchev–Trinajstić information content (AvgIpc) is 2.39. The lowest BCUT2D eigenvalue weighted by atomic mass is 10.1. The summed E-state index contributed by atoms with van der Waals surface area (Å²) in [6.45, 7) is 4.63. The number of urea groups is 1. The van der Waals surface area contributed by atoms with E-state index in [4.69, 9.17) is 9.84 Å². The smallest absolute Gasteiger partial charge is 0.337 e. The molecular weight excluding hydrogens is 276 g/mol. The largest absolute Gasteiger partial charge is 0.508 e. The monoisotopic (exact) mass is 294 g/mol. The number of phenols is 1. The van der Waals surface area contributed by atoms with E-state index in [9.17, 15) is 14.7 Å². The molecule has 0 saturated carbocycles. The molecule has 7 nitrogen and oxygen atoms in total. The molecule has 2 rings (SSSR count). The minimum atomic E-state index is -1.22. The van der Waals surface area contributed by atoms with Crippen LogP contribution in [0.4, 0.5) is 10.5 Å². The van der Waals surface area contributed by atoms with Crippen LogP contribution in [0.25, 0.3) is 0 Å². The number of carbonyl (C=O) groups is 2. The van der Waals surface area contributed by atoms with Crippen LogP contribution in [-0.2, 0) is 4.74 Å². The number of aromatic hydroxyl groups is 1. The molecule has 1 fully saturated rings. The van der Waals surface area contributed by atoms with Gasteiger partial charge in [-0.05, 0) is 32.0 Å². The number of rotatable bonds is 2. The summed E-state index contributed by atoms with van der Waals surface area (Å²) < 4.78 is 5.55. The zero-order chi connectivity index (χ0) is 15.6.